The maximum absolute atomic E-state index is 5.96. The maximum Gasteiger partial charge on any atom is 0.169 e. The summed E-state index contributed by atoms with van der Waals surface area (Å²) in [6.07, 6.45) is 21.8. The summed E-state index contributed by atoms with van der Waals surface area (Å²) in [5.41, 5.74) is 2.55. The van der Waals surface area contributed by atoms with Gasteiger partial charge in [0, 0.05) is 30.7 Å². The molecule has 0 amide bonds. The number of rotatable bonds is 15. The minimum atomic E-state index is 0.824. The van der Waals surface area contributed by atoms with Crippen molar-refractivity contribution in [2.24, 2.45) is 7.05 Å². The highest BCUT2D eigenvalue weighted by atomic mass is 16.5. The van der Waals surface area contributed by atoms with Crippen LogP contribution in [0.1, 0.15) is 64.2 Å². The second-order valence-electron chi connectivity index (χ2n) is 9.97. The molecule has 0 atom stereocenters. The van der Waals surface area contributed by atoms with Crippen LogP contribution in [-0.2, 0) is 13.6 Å². The third-order valence-electron chi connectivity index (χ3n) is 7.00. The van der Waals surface area contributed by atoms with Gasteiger partial charge in [-0.15, -0.1) is 0 Å². The van der Waals surface area contributed by atoms with Gasteiger partial charge in [-0.05, 0) is 46.9 Å². The third kappa shape index (κ3) is 8.48. The Morgan fingerprint density at radius 1 is 0.556 bits per heavy atom. The number of hydrogen-bond acceptors (Lipinski definition) is 1. The van der Waals surface area contributed by atoms with Crippen molar-refractivity contribution in [2.45, 2.75) is 70.8 Å². The zero-order valence-corrected chi connectivity index (χ0v) is 21.9. The molecule has 4 aromatic rings. The summed E-state index contributed by atoms with van der Waals surface area (Å²) >= 11 is 0. The van der Waals surface area contributed by atoms with Crippen LogP contribution >= 0.6 is 0 Å². The van der Waals surface area contributed by atoms with Crippen molar-refractivity contribution in [1.82, 2.24) is 0 Å². The Kier molecular flexibility index (Phi) is 10.3. The van der Waals surface area contributed by atoms with E-state index in [1.54, 1.807) is 0 Å². The summed E-state index contributed by atoms with van der Waals surface area (Å²) in [7, 11) is 2.05. The molecule has 2 aromatic heterocycles. The van der Waals surface area contributed by atoms with E-state index in [1.807, 2.05) is 0 Å². The summed E-state index contributed by atoms with van der Waals surface area (Å²) in [6, 6.07) is 23.6. The van der Waals surface area contributed by atoms with Crippen LogP contribution in [0.2, 0.25) is 0 Å². The number of hydrogen-bond donors (Lipinski definition) is 0. The molecule has 0 N–H and O–H groups in total. The zero-order valence-electron chi connectivity index (χ0n) is 21.9. The Morgan fingerprint density at radius 2 is 1.11 bits per heavy atom. The van der Waals surface area contributed by atoms with E-state index in [-0.39, 0.29) is 0 Å². The molecule has 0 aliphatic heterocycles. The summed E-state index contributed by atoms with van der Waals surface area (Å²) in [6.45, 7) is 1.94. The number of fused-ring (bicyclic) bond motifs is 1. The summed E-state index contributed by atoms with van der Waals surface area (Å²) < 4.78 is 10.3. The van der Waals surface area contributed by atoms with E-state index in [1.165, 1.54) is 79.7 Å². The fourth-order valence-corrected chi connectivity index (χ4v) is 4.75. The van der Waals surface area contributed by atoms with E-state index >= 15 is 0 Å². The van der Waals surface area contributed by atoms with Crippen molar-refractivity contribution in [3.63, 3.8) is 0 Å². The molecule has 0 bridgehead atoms. The van der Waals surface area contributed by atoms with Gasteiger partial charge < -0.3 is 4.74 Å². The first kappa shape index (κ1) is 25.9. The topological polar surface area (TPSA) is 17.0 Å². The second-order valence-corrected chi connectivity index (χ2v) is 9.97. The van der Waals surface area contributed by atoms with E-state index in [9.17, 15) is 0 Å². The van der Waals surface area contributed by atoms with Crippen molar-refractivity contribution < 1.29 is 13.9 Å². The molecule has 0 unspecified atom stereocenters. The first-order valence-corrected chi connectivity index (χ1v) is 13.8. The smallest absolute Gasteiger partial charge is 0.169 e. The van der Waals surface area contributed by atoms with Gasteiger partial charge >= 0.3 is 0 Å². The molecular formula is C33H42N2O+2. The minimum Gasteiger partial charge on any atom is -0.494 e. The van der Waals surface area contributed by atoms with Crippen LogP contribution in [0.25, 0.3) is 21.9 Å². The first-order chi connectivity index (χ1) is 17.8. The van der Waals surface area contributed by atoms with Crippen LogP contribution in [-0.4, -0.2) is 6.61 Å². The van der Waals surface area contributed by atoms with Gasteiger partial charge in [-0.25, -0.2) is 9.13 Å². The molecule has 4 rings (SSSR count). The Labute approximate surface area is 217 Å². The first-order valence-electron chi connectivity index (χ1n) is 13.8. The van der Waals surface area contributed by atoms with Crippen LogP contribution in [0, 0.1) is 0 Å². The predicted molar refractivity (Wildman–Crippen MR) is 149 cm³/mol. The lowest BCUT2D eigenvalue weighted by atomic mass is 10.1. The summed E-state index contributed by atoms with van der Waals surface area (Å²) in [4.78, 5) is 0. The van der Waals surface area contributed by atoms with Crippen molar-refractivity contribution in [3.05, 3.63) is 91.5 Å². The lowest BCUT2D eigenvalue weighted by molar-refractivity contribution is -0.697. The number of pyridine rings is 2. The fourth-order valence-electron chi connectivity index (χ4n) is 4.75. The standard InChI is InChI=1S/C33H42N2O/c1-34-23-18-30(19-24-34)31-20-25-35(26-21-31)22-12-8-6-4-2-3-5-7-9-13-27-36-33-17-16-29-14-10-11-15-32(29)28-33/h10-11,14-21,23-26,28H,2-9,12-13,22,27H2,1H3/q+2. The Balaban J connectivity index is 0.966. The van der Waals surface area contributed by atoms with Gasteiger partial charge in [-0.2, -0.15) is 0 Å². The highest BCUT2D eigenvalue weighted by molar-refractivity contribution is 5.83. The maximum atomic E-state index is 5.96. The number of aromatic nitrogens is 2. The number of benzene rings is 2. The van der Waals surface area contributed by atoms with E-state index in [0.717, 1.165) is 25.3 Å². The molecule has 0 aliphatic carbocycles. The Bertz CT molecular complexity index is 1170. The van der Waals surface area contributed by atoms with Crippen LogP contribution in [0.3, 0.4) is 0 Å². The number of unbranched alkanes of at least 4 members (excludes halogenated alkanes) is 9. The molecule has 0 radical (unpaired) electrons. The van der Waals surface area contributed by atoms with E-state index in [0.29, 0.717) is 0 Å². The van der Waals surface area contributed by atoms with E-state index in [2.05, 4.69) is 108 Å². The fraction of sp³-hybridized carbons (Fsp3) is 0.394. The lowest BCUT2D eigenvalue weighted by Crippen LogP contribution is -2.32. The van der Waals surface area contributed by atoms with Gasteiger partial charge in [0.2, 0.25) is 0 Å². The predicted octanol–water partition coefficient (Wildman–Crippen LogP) is 7.60. The molecule has 0 spiro atoms. The molecule has 0 fully saturated rings. The zero-order chi connectivity index (χ0) is 24.8. The second kappa shape index (κ2) is 14.4. The largest absolute Gasteiger partial charge is 0.494 e. The van der Waals surface area contributed by atoms with Crippen molar-refractivity contribution in [3.8, 4) is 16.9 Å². The van der Waals surface area contributed by atoms with Crippen molar-refractivity contribution in [1.29, 1.82) is 0 Å². The van der Waals surface area contributed by atoms with Gasteiger partial charge in [0.15, 0.2) is 24.8 Å². The quantitative estimate of drug-likeness (QED) is 0.126. The highest BCUT2D eigenvalue weighted by Crippen LogP contribution is 2.21. The van der Waals surface area contributed by atoms with E-state index < -0.39 is 0 Å². The van der Waals surface area contributed by atoms with Crippen molar-refractivity contribution in [2.75, 3.05) is 6.61 Å². The normalized spacial score (nSPS) is 11.1. The molecule has 0 aliphatic rings. The van der Waals surface area contributed by atoms with Crippen LogP contribution in [0.5, 0.6) is 5.75 Å². The third-order valence-corrected chi connectivity index (χ3v) is 7.00. The molecule has 0 saturated heterocycles. The monoisotopic (exact) mass is 482 g/mol. The van der Waals surface area contributed by atoms with E-state index in [4.69, 9.17) is 4.74 Å². The average Bonchev–Trinajstić information content (AvgIpc) is 2.92. The highest BCUT2D eigenvalue weighted by Gasteiger charge is 2.04. The summed E-state index contributed by atoms with van der Waals surface area (Å²) in [5.74, 6) is 0.991. The molecular weight excluding hydrogens is 440 g/mol. The van der Waals surface area contributed by atoms with Crippen LogP contribution in [0.15, 0.2) is 91.5 Å². The van der Waals surface area contributed by atoms with Gasteiger partial charge in [0.25, 0.3) is 0 Å². The molecule has 0 saturated carbocycles. The van der Waals surface area contributed by atoms with Crippen LogP contribution in [0.4, 0.5) is 0 Å². The Morgan fingerprint density at radius 3 is 1.78 bits per heavy atom. The van der Waals surface area contributed by atoms with Gasteiger partial charge in [0.1, 0.15) is 19.3 Å². The molecule has 36 heavy (non-hydrogen) atoms. The van der Waals surface area contributed by atoms with Crippen LogP contribution < -0.4 is 13.9 Å². The molecule has 3 heteroatoms. The van der Waals surface area contributed by atoms with Crippen molar-refractivity contribution >= 4 is 10.8 Å². The van der Waals surface area contributed by atoms with Gasteiger partial charge in [-0.3, -0.25) is 0 Å². The van der Waals surface area contributed by atoms with Gasteiger partial charge in [0.05, 0.1) is 6.61 Å². The molecule has 188 valence electrons. The number of ether oxygens (including phenoxy) is 1. The lowest BCUT2D eigenvalue weighted by Gasteiger charge is -2.07. The Hall–Kier alpha value is -3.20. The number of aryl methyl sites for hydroxylation is 2. The SMILES string of the molecule is C[n+]1ccc(-c2cc[n+](CCCCCCCCCCCCOc3ccc4ccccc4c3)cc2)cc1. The number of nitrogens with zero attached hydrogens (tertiary/aromatic N) is 2. The molecule has 3 nitrogen and oxygen atoms in total. The molecule has 2 aromatic carbocycles. The minimum absolute atomic E-state index is 0.824. The summed E-state index contributed by atoms with van der Waals surface area (Å²) in [5, 5.41) is 2.52. The average molecular weight is 483 g/mol. The molecule has 2 heterocycles. The van der Waals surface area contributed by atoms with Gasteiger partial charge in [-0.1, -0.05) is 75.3 Å².